The van der Waals surface area contributed by atoms with Gasteiger partial charge in [0.05, 0.1) is 0 Å². The van der Waals surface area contributed by atoms with Gasteiger partial charge >= 0.3 is 0 Å². The Hall–Kier alpha value is -7.28. The van der Waals surface area contributed by atoms with Crippen molar-refractivity contribution in [3.63, 3.8) is 0 Å². The molecule has 0 N–H and O–H groups in total. The van der Waals surface area contributed by atoms with Gasteiger partial charge in [-0.25, -0.2) is 0 Å². The first-order chi connectivity index (χ1) is 27.8. The highest BCUT2D eigenvalue weighted by molar-refractivity contribution is 6.23. The molecular weight excluding hydrogens is 673 g/mol. The van der Waals surface area contributed by atoms with Gasteiger partial charge in [0.2, 0.25) is 0 Å². The predicted octanol–water partition coefficient (Wildman–Crippen LogP) is 15.8. The Bertz CT molecular complexity index is 3250. The molecule has 0 bridgehead atoms. The largest absolute Gasteiger partial charge is 0.0622 e. The van der Waals surface area contributed by atoms with Crippen LogP contribution in [0.1, 0.15) is 0 Å². The summed E-state index contributed by atoms with van der Waals surface area (Å²) in [4.78, 5) is 0. The van der Waals surface area contributed by atoms with Gasteiger partial charge in [-0.15, -0.1) is 0 Å². The van der Waals surface area contributed by atoms with Gasteiger partial charge in [-0.2, -0.15) is 0 Å². The van der Waals surface area contributed by atoms with Crippen LogP contribution >= 0.6 is 0 Å². The van der Waals surface area contributed by atoms with Gasteiger partial charge in [-0.3, -0.25) is 0 Å². The monoisotopic (exact) mass is 708 g/mol. The highest BCUT2D eigenvalue weighted by Gasteiger charge is 2.18. The third kappa shape index (κ3) is 5.30. The molecular formula is C56H36. The van der Waals surface area contributed by atoms with Crippen LogP contribution in [0.4, 0.5) is 0 Å². The van der Waals surface area contributed by atoms with E-state index in [0.29, 0.717) is 0 Å². The van der Waals surface area contributed by atoms with E-state index in [1.807, 2.05) is 0 Å². The molecule has 0 aliphatic rings. The molecule has 0 aliphatic heterocycles. The van der Waals surface area contributed by atoms with Crippen molar-refractivity contribution >= 4 is 53.9 Å². The second kappa shape index (κ2) is 13.2. The predicted molar refractivity (Wildman–Crippen MR) is 241 cm³/mol. The zero-order chi connectivity index (χ0) is 37.0. The van der Waals surface area contributed by atoms with Crippen molar-refractivity contribution in [3.8, 4) is 55.6 Å². The van der Waals surface area contributed by atoms with Crippen molar-refractivity contribution in [2.24, 2.45) is 0 Å². The molecule has 0 heterocycles. The van der Waals surface area contributed by atoms with E-state index < -0.39 is 0 Å². The molecule has 0 aliphatic carbocycles. The number of rotatable bonds is 5. The van der Waals surface area contributed by atoms with Gasteiger partial charge in [0, 0.05) is 0 Å². The van der Waals surface area contributed by atoms with E-state index in [0.717, 1.165) is 0 Å². The van der Waals surface area contributed by atoms with E-state index >= 15 is 0 Å². The lowest BCUT2D eigenvalue weighted by Crippen LogP contribution is -1.92. The van der Waals surface area contributed by atoms with Gasteiger partial charge in [0.25, 0.3) is 0 Å². The van der Waals surface area contributed by atoms with Crippen LogP contribution in [0.3, 0.4) is 0 Å². The number of benzene rings is 11. The van der Waals surface area contributed by atoms with Crippen molar-refractivity contribution in [2.75, 3.05) is 0 Å². The SMILES string of the molecule is c1ccc(-c2ccc3c(-c4ccc(-c5ccc(-c6cc7c8ccccc8ccc7c7ccccc67)cc5)cc4)c4ccccc4c(-c4ccccc4)c3c2)cc1. The van der Waals surface area contributed by atoms with Crippen LogP contribution in [0.15, 0.2) is 218 Å². The quantitative estimate of drug-likeness (QED) is 0.123. The molecule has 0 atom stereocenters. The summed E-state index contributed by atoms with van der Waals surface area (Å²) in [5, 5.41) is 12.8. The zero-order valence-electron chi connectivity index (χ0n) is 30.8. The maximum atomic E-state index is 2.39. The Labute approximate surface area is 326 Å². The minimum absolute atomic E-state index is 1.20. The average molecular weight is 709 g/mol. The van der Waals surface area contributed by atoms with Crippen molar-refractivity contribution in [1.82, 2.24) is 0 Å². The van der Waals surface area contributed by atoms with Crippen molar-refractivity contribution in [2.45, 2.75) is 0 Å². The van der Waals surface area contributed by atoms with Crippen LogP contribution in [0.2, 0.25) is 0 Å². The molecule has 0 heteroatoms. The van der Waals surface area contributed by atoms with Gasteiger partial charge < -0.3 is 0 Å². The molecule has 260 valence electrons. The Morgan fingerprint density at radius 2 is 0.589 bits per heavy atom. The van der Waals surface area contributed by atoms with Crippen LogP contribution in [0.25, 0.3) is 109 Å². The topological polar surface area (TPSA) is 0 Å². The summed E-state index contributed by atoms with van der Waals surface area (Å²) in [6.45, 7) is 0. The van der Waals surface area contributed by atoms with E-state index in [2.05, 4.69) is 218 Å². The number of hydrogen-bond acceptors (Lipinski definition) is 0. The number of hydrogen-bond donors (Lipinski definition) is 0. The average Bonchev–Trinajstić information content (AvgIpc) is 3.28. The fraction of sp³-hybridized carbons (Fsp3) is 0. The molecule has 0 saturated carbocycles. The molecule has 0 unspecified atom stereocenters. The van der Waals surface area contributed by atoms with E-state index in [4.69, 9.17) is 0 Å². The van der Waals surface area contributed by atoms with E-state index in [1.165, 1.54) is 109 Å². The number of fused-ring (bicyclic) bond motifs is 7. The summed E-state index contributed by atoms with van der Waals surface area (Å²) in [5.41, 5.74) is 12.3. The summed E-state index contributed by atoms with van der Waals surface area (Å²) >= 11 is 0. The molecule has 0 fully saturated rings. The van der Waals surface area contributed by atoms with Gasteiger partial charge in [0.15, 0.2) is 0 Å². The molecule has 11 aromatic carbocycles. The van der Waals surface area contributed by atoms with E-state index in [-0.39, 0.29) is 0 Å². The Morgan fingerprint density at radius 1 is 0.179 bits per heavy atom. The first kappa shape index (κ1) is 32.2. The molecule has 56 heavy (non-hydrogen) atoms. The Morgan fingerprint density at radius 3 is 1.27 bits per heavy atom. The molecule has 0 radical (unpaired) electrons. The molecule has 0 spiro atoms. The minimum atomic E-state index is 1.20. The fourth-order valence-electron chi connectivity index (χ4n) is 8.99. The standard InChI is InChI=1S/C56H36/c1-3-13-37(14-4-1)44-32-34-51-54(35-44)56(42-16-5-2-6-17-42)50-22-12-11-21-49(50)55(51)43-29-25-39(26-30-43)38-23-27-41(28-24-38)52-36-53-45-18-8-7-15-40(45)31-33-48(53)46-19-9-10-20-47(46)52/h1-36H. The summed E-state index contributed by atoms with van der Waals surface area (Å²) < 4.78 is 0. The summed E-state index contributed by atoms with van der Waals surface area (Å²) in [6.07, 6.45) is 0. The van der Waals surface area contributed by atoms with Gasteiger partial charge in [-0.1, -0.05) is 206 Å². The highest BCUT2D eigenvalue weighted by Crippen LogP contribution is 2.45. The Balaban J connectivity index is 1.02. The minimum Gasteiger partial charge on any atom is -0.0622 e. The third-order valence-electron chi connectivity index (χ3n) is 11.7. The lowest BCUT2D eigenvalue weighted by molar-refractivity contribution is 1.60. The maximum Gasteiger partial charge on any atom is -0.00262 e. The fourth-order valence-corrected chi connectivity index (χ4v) is 8.99. The second-order valence-corrected chi connectivity index (χ2v) is 14.8. The van der Waals surface area contributed by atoms with Gasteiger partial charge in [0.1, 0.15) is 0 Å². The lowest BCUT2D eigenvalue weighted by atomic mass is 9.84. The smallest absolute Gasteiger partial charge is 0.00262 e. The normalized spacial score (nSPS) is 11.6. The van der Waals surface area contributed by atoms with Crippen molar-refractivity contribution in [1.29, 1.82) is 0 Å². The lowest BCUT2D eigenvalue weighted by Gasteiger charge is -2.19. The van der Waals surface area contributed by atoms with Crippen LogP contribution in [-0.4, -0.2) is 0 Å². The molecule has 0 saturated heterocycles. The van der Waals surface area contributed by atoms with Crippen molar-refractivity contribution < 1.29 is 0 Å². The Kier molecular flexibility index (Phi) is 7.60. The third-order valence-corrected chi connectivity index (χ3v) is 11.7. The molecule has 0 aromatic heterocycles. The summed E-state index contributed by atoms with van der Waals surface area (Å²) in [6, 6.07) is 80.2. The van der Waals surface area contributed by atoms with Crippen LogP contribution in [0.5, 0.6) is 0 Å². The highest BCUT2D eigenvalue weighted by atomic mass is 14.2. The first-order valence-electron chi connectivity index (χ1n) is 19.4. The maximum absolute atomic E-state index is 2.39. The van der Waals surface area contributed by atoms with Crippen LogP contribution < -0.4 is 0 Å². The van der Waals surface area contributed by atoms with Crippen LogP contribution in [-0.2, 0) is 0 Å². The summed E-state index contributed by atoms with van der Waals surface area (Å²) in [5.74, 6) is 0. The molecule has 0 amide bonds. The molecule has 0 nitrogen and oxygen atoms in total. The summed E-state index contributed by atoms with van der Waals surface area (Å²) in [7, 11) is 0. The van der Waals surface area contributed by atoms with Crippen LogP contribution in [0, 0.1) is 0 Å². The molecule has 11 rings (SSSR count). The van der Waals surface area contributed by atoms with Gasteiger partial charge in [-0.05, 0) is 122 Å². The van der Waals surface area contributed by atoms with E-state index in [9.17, 15) is 0 Å². The first-order valence-corrected chi connectivity index (χ1v) is 19.4. The molecule has 11 aromatic rings. The van der Waals surface area contributed by atoms with E-state index in [1.54, 1.807) is 0 Å². The van der Waals surface area contributed by atoms with Crippen molar-refractivity contribution in [3.05, 3.63) is 218 Å². The zero-order valence-corrected chi connectivity index (χ0v) is 30.8. The second-order valence-electron chi connectivity index (χ2n) is 14.8.